The van der Waals surface area contributed by atoms with Crippen LogP contribution in [0.1, 0.15) is 18.4 Å². The predicted molar refractivity (Wildman–Crippen MR) is 66.2 cm³/mol. The summed E-state index contributed by atoms with van der Waals surface area (Å²) in [7, 11) is 0. The van der Waals surface area contributed by atoms with E-state index in [9.17, 15) is 0 Å². The van der Waals surface area contributed by atoms with E-state index in [-0.39, 0.29) is 0 Å². The Hall–Kier alpha value is -0.840. The van der Waals surface area contributed by atoms with Crippen molar-refractivity contribution in [2.75, 3.05) is 19.8 Å². The lowest BCUT2D eigenvalue weighted by atomic mass is 10.0. The molecule has 1 saturated heterocycles. The molecular formula is C12H17ClN2O2. The normalized spacial score (nSPS) is 17.1. The van der Waals surface area contributed by atoms with Crippen molar-refractivity contribution in [1.82, 2.24) is 4.98 Å². The highest BCUT2D eigenvalue weighted by Gasteiger charge is 2.14. The lowest BCUT2D eigenvalue weighted by Gasteiger charge is -2.21. The maximum Gasteiger partial charge on any atom is 0.213 e. The molecule has 1 aromatic heterocycles. The van der Waals surface area contributed by atoms with E-state index in [4.69, 9.17) is 26.8 Å². The number of aromatic nitrogens is 1. The first-order valence-corrected chi connectivity index (χ1v) is 6.22. The predicted octanol–water partition coefficient (Wildman–Crippen LogP) is 2.00. The molecule has 2 rings (SSSR count). The Morgan fingerprint density at radius 1 is 1.47 bits per heavy atom. The molecule has 1 aliphatic rings. The summed E-state index contributed by atoms with van der Waals surface area (Å²) in [4.78, 5) is 4.13. The van der Waals surface area contributed by atoms with Gasteiger partial charge in [-0.15, -0.1) is 0 Å². The second-order valence-corrected chi connectivity index (χ2v) is 4.59. The summed E-state index contributed by atoms with van der Waals surface area (Å²) in [6, 6.07) is 1.81. The topological polar surface area (TPSA) is 57.4 Å². The third kappa shape index (κ3) is 3.56. The van der Waals surface area contributed by atoms with Crippen LogP contribution in [0.25, 0.3) is 0 Å². The molecule has 1 aromatic rings. The molecule has 2 heterocycles. The summed E-state index contributed by atoms with van der Waals surface area (Å²) in [5.41, 5.74) is 6.44. The van der Waals surface area contributed by atoms with Gasteiger partial charge in [0.05, 0.1) is 11.6 Å². The van der Waals surface area contributed by atoms with Crippen molar-refractivity contribution in [3.05, 3.63) is 22.8 Å². The van der Waals surface area contributed by atoms with E-state index in [1.807, 2.05) is 6.07 Å². The van der Waals surface area contributed by atoms with Gasteiger partial charge in [-0.1, -0.05) is 11.6 Å². The number of hydrogen-bond donors (Lipinski definition) is 1. The molecule has 0 atom stereocenters. The second kappa shape index (κ2) is 6.19. The van der Waals surface area contributed by atoms with Gasteiger partial charge in [-0.25, -0.2) is 4.98 Å². The first-order chi connectivity index (χ1) is 8.29. The first-order valence-electron chi connectivity index (χ1n) is 5.84. The molecule has 1 fully saturated rings. The average molecular weight is 257 g/mol. The third-order valence-corrected chi connectivity index (χ3v) is 3.28. The van der Waals surface area contributed by atoms with Gasteiger partial charge in [-0.3, -0.25) is 0 Å². The van der Waals surface area contributed by atoms with Gasteiger partial charge in [0, 0.05) is 32.0 Å². The van der Waals surface area contributed by atoms with Crippen LogP contribution in [0, 0.1) is 5.92 Å². The molecule has 0 aromatic carbocycles. The van der Waals surface area contributed by atoms with Gasteiger partial charge in [0.1, 0.15) is 0 Å². The molecule has 5 heteroatoms. The van der Waals surface area contributed by atoms with Crippen molar-refractivity contribution in [2.24, 2.45) is 11.7 Å². The molecule has 0 amide bonds. The standard InChI is InChI=1S/C12H17ClN2O2/c13-11-7-15-12(5-10(11)6-14)17-8-9-1-3-16-4-2-9/h5,7,9H,1-4,6,8,14H2. The highest BCUT2D eigenvalue weighted by molar-refractivity contribution is 6.31. The van der Waals surface area contributed by atoms with Crippen molar-refractivity contribution in [3.8, 4) is 5.88 Å². The first kappa shape index (κ1) is 12.6. The smallest absolute Gasteiger partial charge is 0.213 e. The molecule has 1 aliphatic heterocycles. The number of ether oxygens (including phenoxy) is 2. The van der Waals surface area contributed by atoms with Gasteiger partial charge >= 0.3 is 0 Å². The van der Waals surface area contributed by atoms with Crippen molar-refractivity contribution in [1.29, 1.82) is 0 Å². The van der Waals surface area contributed by atoms with Crippen LogP contribution in [0.15, 0.2) is 12.3 Å². The summed E-state index contributed by atoms with van der Waals surface area (Å²) in [5, 5.41) is 0.589. The second-order valence-electron chi connectivity index (χ2n) is 4.18. The van der Waals surface area contributed by atoms with Crippen molar-refractivity contribution >= 4 is 11.6 Å². The Morgan fingerprint density at radius 2 is 2.24 bits per heavy atom. The minimum absolute atomic E-state index is 0.398. The van der Waals surface area contributed by atoms with Gasteiger partial charge in [0.2, 0.25) is 5.88 Å². The monoisotopic (exact) mass is 256 g/mol. The number of hydrogen-bond acceptors (Lipinski definition) is 4. The number of rotatable bonds is 4. The summed E-state index contributed by atoms with van der Waals surface area (Å²) in [6.45, 7) is 2.74. The molecule has 2 N–H and O–H groups in total. The fraction of sp³-hybridized carbons (Fsp3) is 0.583. The minimum Gasteiger partial charge on any atom is -0.477 e. The number of nitrogens with zero attached hydrogens (tertiary/aromatic N) is 1. The SMILES string of the molecule is NCc1cc(OCC2CCOCC2)ncc1Cl. The van der Waals surface area contributed by atoms with E-state index in [2.05, 4.69) is 4.98 Å². The molecule has 0 bridgehead atoms. The van der Waals surface area contributed by atoms with E-state index in [0.717, 1.165) is 31.6 Å². The highest BCUT2D eigenvalue weighted by atomic mass is 35.5. The zero-order valence-corrected chi connectivity index (χ0v) is 10.4. The number of halogens is 1. The molecule has 17 heavy (non-hydrogen) atoms. The molecule has 0 spiro atoms. The van der Waals surface area contributed by atoms with Gasteiger partial charge in [0.25, 0.3) is 0 Å². The van der Waals surface area contributed by atoms with E-state index in [0.29, 0.717) is 30.0 Å². The van der Waals surface area contributed by atoms with Crippen molar-refractivity contribution in [3.63, 3.8) is 0 Å². The zero-order valence-electron chi connectivity index (χ0n) is 9.69. The quantitative estimate of drug-likeness (QED) is 0.895. The Balaban J connectivity index is 1.89. The zero-order chi connectivity index (χ0) is 12.1. The van der Waals surface area contributed by atoms with Crippen LogP contribution in [-0.2, 0) is 11.3 Å². The fourth-order valence-electron chi connectivity index (χ4n) is 1.81. The van der Waals surface area contributed by atoms with Crippen LogP contribution >= 0.6 is 11.6 Å². The van der Waals surface area contributed by atoms with Crippen molar-refractivity contribution in [2.45, 2.75) is 19.4 Å². The molecule has 4 nitrogen and oxygen atoms in total. The summed E-state index contributed by atoms with van der Waals surface area (Å²) >= 11 is 5.93. The molecular weight excluding hydrogens is 240 g/mol. The Labute approximate surface area is 106 Å². The van der Waals surface area contributed by atoms with Crippen molar-refractivity contribution < 1.29 is 9.47 Å². The summed E-state index contributed by atoms with van der Waals surface area (Å²) < 4.78 is 11.0. The van der Waals surface area contributed by atoms with E-state index < -0.39 is 0 Å². The Morgan fingerprint density at radius 3 is 2.94 bits per heavy atom. The average Bonchev–Trinajstić information content (AvgIpc) is 2.39. The Kier molecular flexibility index (Phi) is 4.59. The van der Waals surface area contributed by atoms with Gasteiger partial charge < -0.3 is 15.2 Å². The lowest BCUT2D eigenvalue weighted by molar-refractivity contribution is 0.0490. The minimum atomic E-state index is 0.398. The van der Waals surface area contributed by atoms with Crippen LogP contribution in [0.4, 0.5) is 0 Å². The molecule has 0 radical (unpaired) electrons. The maximum absolute atomic E-state index is 5.93. The van der Waals surface area contributed by atoms with E-state index in [1.165, 1.54) is 0 Å². The third-order valence-electron chi connectivity index (χ3n) is 2.94. The van der Waals surface area contributed by atoms with Crippen LogP contribution in [0.5, 0.6) is 5.88 Å². The lowest BCUT2D eigenvalue weighted by Crippen LogP contribution is -2.21. The fourth-order valence-corrected chi connectivity index (χ4v) is 1.99. The number of nitrogens with two attached hydrogens (primary N) is 1. The van der Waals surface area contributed by atoms with Crippen LogP contribution < -0.4 is 10.5 Å². The summed E-state index contributed by atoms with van der Waals surface area (Å²) in [6.07, 6.45) is 3.69. The highest BCUT2D eigenvalue weighted by Crippen LogP contribution is 2.20. The van der Waals surface area contributed by atoms with Gasteiger partial charge in [-0.05, 0) is 24.3 Å². The van der Waals surface area contributed by atoms with Crippen LogP contribution in [-0.4, -0.2) is 24.8 Å². The molecule has 94 valence electrons. The molecule has 0 unspecified atom stereocenters. The number of pyridine rings is 1. The molecule has 0 saturated carbocycles. The Bertz CT molecular complexity index is 368. The van der Waals surface area contributed by atoms with Crippen LogP contribution in [0.3, 0.4) is 0 Å². The largest absolute Gasteiger partial charge is 0.477 e. The van der Waals surface area contributed by atoms with Crippen LogP contribution in [0.2, 0.25) is 5.02 Å². The summed E-state index contributed by atoms with van der Waals surface area (Å²) in [5.74, 6) is 1.16. The van der Waals surface area contributed by atoms with Gasteiger partial charge in [-0.2, -0.15) is 0 Å². The maximum atomic E-state index is 5.93. The van der Waals surface area contributed by atoms with E-state index in [1.54, 1.807) is 6.20 Å². The van der Waals surface area contributed by atoms with E-state index >= 15 is 0 Å². The molecule has 0 aliphatic carbocycles. The van der Waals surface area contributed by atoms with Gasteiger partial charge in [0.15, 0.2) is 0 Å².